The van der Waals surface area contributed by atoms with Crippen molar-refractivity contribution in [3.8, 4) is 6.07 Å². The highest BCUT2D eigenvalue weighted by Crippen LogP contribution is 2.36. The fourth-order valence-corrected chi connectivity index (χ4v) is 3.50. The molecule has 2 aromatic carbocycles. The fraction of sp³-hybridized carbons (Fsp3) is 0.350. The van der Waals surface area contributed by atoms with Crippen molar-refractivity contribution in [3.05, 3.63) is 69.7 Å². The third kappa shape index (κ3) is 3.87. The summed E-state index contributed by atoms with van der Waals surface area (Å²) in [6.45, 7) is 5.24. The van der Waals surface area contributed by atoms with Crippen LogP contribution in [-0.4, -0.2) is 31.2 Å². The molecule has 0 bridgehead atoms. The van der Waals surface area contributed by atoms with Crippen LogP contribution in [0.25, 0.3) is 0 Å². The number of nitriles is 1. The lowest BCUT2D eigenvalue weighted by Crippen LogP contribution is -2.41. The molecular formula is C20H21BrN2O. The topological polar surface area (TPSA) is 36.3 Å². The molecule has 1 fully saturated rings. The number of hydrogen-bond acceptors (Lipinski definition) is 3. The van der Waals surface area contributed by atoms with Gasteiger partial charge in [-0.05, 0) is 30.2 Å². The van der Waals surface area contributed by atoms with Gasteiger partial charge < -0.3 is 4.74 Å². The zero-order valence-corrected chi connectivity index (χ0v) is 15.4. The average molecular weight is 385 g/mol. The van der Waals surface area contributed by atoms with Crippen LogP contribution < -0.4 is 0 Å². The maximum absolute atomic E-state index is 9.95. The number of aryl methyl sites for hydroxylation is 1. The Balaban J connectivity index is 1.99. The van der Waals surface area contributed by atoms with E-state index in [1.54, 1.807) is 0 Å². The van der Waals surface area contributed by atoms with Gasteiger partial charge in [-0.15, -0.1) is 0 Å². The first-order valence-electron chi connectivity index (χ1n) is 8.22. The molecule has 0 spiro atoms. The lowest BCUT2D eigenvalue weighted by atomic mass is 9.86. The minimum absolute atomic E-state index is 0.0423. The van der Waals surface area contributed by atoms with E-state index >= 15 is 0 Å². The van der Waals surface area contributed by atoms with Gasteiger partial charge in [0.1, 0.15) is 0 Å². The van der Waals surface area contributed by atoms with Crippen LogP contribution in [0.15, 0.2) is 53.0 Å². The predicted molar refractivity (Wildman–Crippen MR) is 98.8 cm³/mol. The average Bonchev–Trinajstić information content (AvgIpc) is 2.62. The van der Waals surface area contributed by atoms with Gasteiger partial charge in [0.15, 0.2) is 0 Å². The number of benzene rings is 2. The largest absolute Gasteiger partial charge is 0.379 e. The fourth-order valence-electron chi connectivity index (χ4n) is 3.23. The van der Waals surface area contributed by atoms with Crippen molar-refractivity contribution in [2.24, 2.45) is 0 Å². The molecule has 24 heavy (non-hydrogen) atoms. The Hall–Kier alpha value is -1.67. The molecule has 2 aromatic rings. The standard InChI is InChI=1S/C20H21BrN2O/c1-15-2-4-17(5-3-15)20(23-10-12-24-13-11-23)19(14-22)16-6-8-18(21)9-7-16/h2-9,19-20H,10-13H2,1H3/t19-,20-/m0/s1. The van der Waals surface area contributed by atoms with E-state index in [1.165, 1.54) is 11.1 Å². The second-order valence-electron chi connectivity index (χ2n) is 6.16. The van der Waals surface area contributed by atoms with Crippen LogP contribution in [0.1, 0.15) is 28.7 Å². The van der Waals surface area contributed by atoms with E-state index < -0.39 is 0 Å². The van der Waals surface area contributed by atoms with Gasteiger partial charge in [-0.2, -0.15) is 5.26 Å². The minimum Gasteiger partial charge on any atom is -0.379 e. The number of hydrogen-bond donors (Lipinski definition) is 0. The first kappa shape index (κ1) is 17.2. The molecule has 1 aliphatic heterocycles. The monoisotopic (exact) mass is 384 g/mol. The summed E-state index contributed by atoms with van der Waals surface area (Å²) in [5, 5.41) is 9.95. The number of ether oxygens (including phenoxy) is 1. The number of morpholine rings is 1. The molecule has 2 atom stereocenters. The first-order chi connectivity index (χ1) is 11.7. The van der Waals surface area contributed by atoms with Gasteiger partial charge in [-0.1, -0.05) is 57.9 Å². The van der Waals surface area contributed by atoms with Crippen LogP contribution in [0.4, 0.5) is 0 Å². The molecule has 0 unspecified atom stereocenters. The molecule has 0 radical (unpaired) electrons. The molecule has 0 N–H and O–H groups in total. The molecule has 3 nitrogen and oxygen atoms in total. The second-order valence-corrected chi connectivity index (χ2v) is 7.08. The molecule has 1 saturated heterocycles. The highest BCUT2D eigenvalue weighted by Gasteiger charge is 2.31. The first-order valence-corrected chi connectivity index (χ1v) is 9.02. The molecule has 1 heterocycles. The highest BCUT2D eigenvalue weighted by molar-refractivity contribution is 9.10. The molecule has 0 aliphatic carbocycles. The van der Waals surface area contributed by atoms with Crippen LogP contribution in [0.3, 0.4) is 0 Å². The van der Waals surface area contributed by atoms with Gasteiger partial charge in [0, 0.05) is 17.6 Å². The predicted octanol–water partition coefficient (Wildman–Crippen LogP) is 4.44. The zero-order chi connectivity index (χ0) is 16.9. The Morgan fingerprint density at radius 2 is 1.58 bits per heavy atom. The van der Waals surface area contributed by atoms with Crippen molar-refractivity contribution in [2.45, 2.75) is 18.9 Å². The molecule has 124 valence electrons. The van der Waals surface area contributed by atoms with Crippen molar-refractivity contribution in [1.82, 2.24) is 4.90 Å². The molecule has 0 aromatic heterocycles. The summed E-state index contributed by atoms with van der Waals surface area (Å²) in [5.74, 6) is -0.209. The minimum atomic E-state index is -0.209. The van der Waals surface area contributed by atoms with Gasteiger partial charge in [0.2, 0.25) is 0 Å². The third-order valence-corrected chi connectivity index (χ3v) is 5.07. The Bertz CT molecular complexity index is 700. The normalized spacial score (nSPS) is 17.9. The van der Waals surface area contributed by atoms with Crippen LogP contribution >= 0.6 is 15.9 Å². The van der Waals surface area contributed by atoms with Gasteiger partial charge in [-0.25, -0.2) is 0 Å². The van der Waals surface area contributed by atoms with E-state index in [1.807, 2.05) is 24.3 Å². The van der Waals surface area contributed by atoms with E-state index in [4.69, 9.17) is 4.74 Å². The van der Waals surface area contributed by atoms with Crippen molar-refractivity contribution < 1.29 is 4.74 Å². The number of nitrogens with zero attached hydrogens (tertiary/aromatic N) is 2. The van der Waals surface area contributed by atoms with E-state index in [0.717, 1.165) is 36.3 Å². The summed E-state index contributed by atoms with van der Waals surface area (Å²) in [6.07, 6.45) is 0. The van der Waals surface area contributed by atoms with Gasteiger partial charge in [-0.3, -0.25) is 4.90 Å². The molecule has 0 saturated carbocycles. The number of rotatable bonds is 4. The summed E-state index contributed by atoms with van der Waals surface area (Å²) in [5.41, 5.74) is 3.48. The van der Waals surface area contributed by atoms with Crippen LogP contribution in [-0.2, 0) is 4.74 Å². The lowest BCUT2D eigenvalue weighted by Gasteiger charge is -2.37. The van der Waals surface area contributed by atoms with Crippen molar-refractivity contribution >= 4 is 15.9 Å². The van der Waals surface area contributed by atoms with E-state index in [-0.39, 0.29) is 12.0 Å². The summed E-state index contributed by atoms with van der Waals surface area (Å²) in [4.78, 5) is 2.38. The van der Waals surface area contributed by atoms with E-state index in [2.05, 4.69) is 58.1 Å². The van der Waals surface area contributed by atoms with E-state index in [0.29, 0.717) is 0 Å². The maximum Gasteiger partial charge on any atom is 0.0909 e. The number of halogens is 1. The molecule has 1 aliphatic rings. The second kappa shape index (κ2) is 7.94. The SMILES string of the molecule is Cc1ccc([C@@H]([C@@H](C#N)c2ccc(Br)cc2)N2CCOCC2)cc1. The Morgan fingerprint density at radius 3 is 2.17 bits per heavy atom. The van der Waals surface area contributed by atoms with Crippen LogP contribution in [0, 0.1) is 18.3 Å². The van der Waals surface area contributed by atoms with Gasteiger partial charge >= 0.3 is 0 Å². The smallest absolute Gasteiger partial charge is 0.0909 e. The lowest BCUT2D eigenvalue weighted by molar-refractivity contribution is 0.0134. The Labute approximate surface area is 152 Å². The third-order valence-electron chi connectivity index (χ3n) is 4.54. The summed E-state index contributed by atoms with van der Waals surface area (Å²) >= 11 is 3.47. The maximum atomic E-state index is 9.95. The summed E-state index contributed by atoms with van der Waals surface area (Å²) in [6, 6.07) is 19.2. The summed E-state index contributed by atoms with van der Waals surface area (Å²) in [7, 11) is 0. The van der Waals surface area contributed by atoms with Gasteiger partial charge in [0.25, 0.3) is 0 Å². The Morgan fingerprint density at radius 1 is 1.00 bits per heavy atom. The van der Waals surface area contributed by atoms with Crippen LogP contribution in [0.5, 0.6) is 0 Å². The van der Waals surface area contributed by atoms with Gasteiger partial charge in [0.05, 0.1) is 31.2 Å². The van der Waals surface area contributed by atoms with Crippen LogP contribution in [0.2, 0.25) is 0 Å². The zero-order valence-electron chi connectivity index (χ0n) is 13.8. The highest BCUT2D eigenvalue weighted by atomic mass is 79.9. The van der Waals surface area contributed by atoms with Crippen molar-refractivity contribution in [2.75, 3.05) is 26.3 Å². The quantitative estimate of drug-likeness (QED) is 0.781. The van der Waals surface area contributed by atoms with E-state index in [9.17, 15) is 5.26 Å². The Kier molecular flexibility index (Phi) is 5.68. The summed E-state index contributed by atoms with van der Waals surface area (Å²) < 4.78 is 6.54. The molecule has 4 heteroatoms. The van der Waals surface area contributed by atoms with Crippen molar-refractivity contribution in [3.63, 3.8) is 0 Å². The molecule has 0 amide bonds. The molecular weight excluding hydrogens is 364 g/mol. The van der Waals surface area contributed by atoms with Crippen molar-refractivity contribution in [1.29, 1.82) is 5.26 Å². The molecule has 3 rings (SSSR count).